The van der Waals surface area contributed by atoms with Gasteiger partial charge in [-0.15, -0.1) is 0 Å². The summed E-state index contributed by atoms with van der Waals surface area (Å²) in [5, 5.41) is 8.89. The quantitative estimate of drug-likeness (QED) is 0.463. The van der Waals surface area contributed by atoms with Crippen molar-refractivity contribution in [1.82, 2.24) is 4.90 Å². The van der Waals surface area contributed by atoms with Crippen LogP contribution in [-0.4, -0.2) is 46.7 Å². The zero-order chi connectivity index (χ0) is 18.6. The molecule has 1 aromatic carbocycles. The van der Waals surface area contributed by atoms with Gasteiger partial charge < -0.3 is 14.6 Å². The molecule has 0 bridgehead atoms. The van der Waals surface area contributed by atoms with Crippen molar-refractivity contribution in [2.75, 3.05) is 14.2 Å². The van der Waals surface area contributed by atoms with E-state index in [1.165, 1.54) is 23.8 Å². The fourth-order valence-corrected chi connectivity index (χ4v) is 3.14. The third kappa shape index (κ3) is 4.68. The molecule has 132 valence electrons. The van der Waals surface area contributed by atoms with Crippen LogP contribution in [0.1, 0.15) is 12.5 Å². The SMILES string of the molecule is COC(Oc1ccc(C=CC(C)=C2SC(=S)N(C)C2=O)cc1)C(=O)O. The van der Waals surface area contributed by atoms with E-state index < -0.39 is 12.3 Å². The number of nitrogens with zero attached hydrogens (tertiary/aromatic N) is 1. The van der Waals surface area contributed by atoms with E-state index in [-0.39, 0.29) is 5.91 Å². The van der Waals surface area contributed by atoms with Crippen LogP contribution in [0.15, 0.2) is 40.8 Å². The second-order valence-corrected chi connectivity index (χ2v) is 6.81. The first-order valence-corrected chi connectivity index (χ1v) is 8.47. The van der Waals surface area contributed by atoms with Gasteiger partial charge in [-0.05, 0) is 30.2 Å². The molecule has 0 aromatic heterocycles. The van der Waals surface area contributed by atoms with Gasteiger partial charge in [-0.1, -0.05) is 48.3 Å². The third-order valence-electron chi connectivity index (χ3n) is 3.38. The van der Waals surface area contributed by atoms with E-state index in [0.29, 0.717) is 15.0 Å². The number of carbonyl (C=O) groups excluding carboxylic acids is 1. The van der Waals surface area contributed by atoms with Gasteiger partial charge in [-0.2, -0.15) is 0 Å². The number of carbonyl (C=O) groups is 2. The lowest BCUT2D eigenvalue weighted by Gasteiger charge is -2.12. The highest BCUT2D eigenvalue weighted by Gasteiger charge is 2.29. The molecule has 0 spiro atoms. The first-order valence-electron chi connectivity index (χ1n) is 7.24. The summed E-state index contributed by atoms with van der Waals surface area (Å²) in [5.74, 6) is -0.912. The van der Waals surface area contributed by atoms with Crippen molar-refractivity contribution in [1.29, 1.82) is 0 Å². The third-order valence-corrected chi connectivity index (χ3v) is 5.06. The van der Waals surface area contributed by atoms with Crippen LogP contribution in [0.4, 0.5) is 0 Å². The largest absolute Gasteiger partial charge is 0.477 e. The van der Waals surface area contributed by atoms with Crippen molar-refractivity contribution in [3.05, 3.63) is 46.4 Å². The lowest BCUT2D eigenvalue weighted by atomic mass is 10.1. The van der Waals surface area contributed by atoms with E-state index in [1.54, 1.807) is 31.3 Å². The predicted molar refractivity (Wildman–Crippen MR) is 100 cm³/mol. The van der Waals surface area contributed by atoms with Crippen molar-refractivity contribution < 1.29 is 24.2 Å². The molecule has 1 amide bonds. The number of likely N-dealkylation sites (N-methyl/N-ethyl adjacent to an activating group) is 1. The minimum absolute atomic E-state index is 0.0971. The fourth-order valence-electron chi connectivity index (χ4n) is 1.96. The van der Waals surface area contributed by atoms with Crippen molar-refractivity contribution >= 4 is 46.3 Å². The summed E-state index contributed by atoms with van der Waals surface area (Å²) in [6.45, 7) is 1.85. The Labute approximate surface area is 155 Å². The second kappa shape index (κ2) is 8.28. The normalized spacial score (nSPS) is 18.0. The zero-order valence-corrected chi connectivity index (χ0v) is 15.5. The number of allylic oxidation sites excluding steroid dienone is 2. The smallest absolute Gasteiger partial charge is 0.373 e. The Morgan fingerprint density at radius 3 is 2.48 bits per heavy atom. The minimum Gasteiger partial charge on any atom is -0.477 e. The van der Waals surface area contributed by atoms with Crippen molar-refractivity contribution in [3.63, 3.8) is 0 Å². The van der Waals surface area contributed by atoms with Crippen molar-refractivity contribution in [3.8, 4) is 5.75 Å². The molecular weight excluding hydrogens is 362 g/mol. The van der Waals surface area contributed by atoms with Crippen LogP contribution < -0.4 is 4.74 Å². The number of carboxylic acid groups (broad SMARTS) is 1. The van der Waals surface area contributed by atoms with E-state index >= 15 is 0 Å². The molecule has 0 radical (unpaired) electrons. The van der Waals surface area contributed by atoms with Crippen LogP contribution in [0.2, 0.25) is 0 Å². The molecule has 1 aliphatic heterocycles. The highest BCUT2D eigenvalue weighted by Crippen LogP contribution is 2.32. The number of carboxylic acids is 1. The summed E-state index contributed by atoms with van der Waals surface area (Å²) in [4.78, 5) is 25.0. The summed E-state index contributed by atoms with van der Waals surface area (Å²) in [6, 6.07) is 6.85. The average Bonchev–Trinajstić information content (AvgIpc) is 2.85. The first-order chi connectivity index (χ1) is 11.8. The summed E-state index contributed by atoms with van der Waals surface area (Å²) >= 11 is 6.40. The monoisotopic (exact) mass is 379 g/mol. The number of amides is 1. The van der Waals surface area contributed by atoms with Crippen LogP contribution >= 0.6 is 24.0 Å². The zero-order valence-electron chi connectivity index (χ0n) is 13.9. The standard InChI is InChI=1S/C17H17NO5S2/c1-10(13-14(19)18(2)17(24)25-13)4-5-11-6-8-12(9-7-11)23-16(22-3)15(20)21/h4-9,16H,1-3H3,(H,20,21). The van der Waals surface area contributed by atoms with E-state index in [1.807, 2.05) is 19.1 Å². The second-order valence-electron chi connectivity index (χ2n) is 5.17. The molecule has 1 fully saturated rings. The van der Waals surface area contributed by atoms with Crippen LogP contribution in [0.5, 0.6) is 5.75 Å². The van der Waals surface area contributed by atoms with E-state index in [0.717, 1.165) is 11.1 Å². The maximum absolute atomic E-state index is 12.0. The topological polar surface area (TPSA) is 76.1 Å². The van der Waals surface area contributed by atoms with Gasteiger partial charge in [0.05, 0.1) is 4.91 Å². The van der Waals surface area contributed by atoms with Gasteiger partial charge in [0.2, 0.25) is 0 Å². The highest BCUT2D eigenvalue weighted by molar-refractivity contribution is 8.26. The fraction of sp³-hybridized carbons (Fsp3) is 0.235. The molecule has 1 aromatic rings. The molecule has 1 heterocycles. The van der Waals surface area contributed by atoms with Gasteiger partial charge in [-0.25, -0.2) is 4.79 Å². The molecule has 1 unspecified atom stereocenters. The van der Waals surface area contributed by atoms with Gasteiger partial charge >= 0.3 is 5.97 Å². The lowest BCUT2D eigenvalue weighted by Crippen LogP contribution is -2.28. The molecule has 6 nitrogen and oxygen atoms in total. The first kappa shape index (κ1) is 19.2. The number of thioether (sulfide) groups is 1. The summed E-state index contributed by atoms with van der Waals surface area (Å²) in [6.07, 6.45) is 2.35. The Balaban J connectivity index is 2.08. The Bertz CT molecular complexity index is 755. The highest BCUT2D eigenvalue weighted by atomic mass is 32.2. The van der Waals surface area contributed by atoms with E-state index in [2.05, 4.69) is 0 Å². The van der Waals surface area contributed by atoms with Crippen molar-refractivity contribution in [2.45, 2.75) is 13.2 Å². The van der Waals surface area contributed by atoms with Gasteiger partial charge in [0, 0.05) is 14.2 Å². The maximum atomic E-state index is 12.0. The van der Waals surface area contributed by atoms with Gasteiger partial charge in [0.25, 0.3) is 12.2 Å². The van der Waals surface area contributed by atoms with Crippen LogP contribution in [0, 0.1) is 0 Å². The summed E-state index contributed by atoms with van der Waals surface area (Å²) in [7, 11) is 2.92. The maximum Gasteiger partial charge on any atom is 0.373 e. The molecular formula is C17H17NO5S2. The predicted octanol–water partition coefficient (Wildman–Crippen LogP) is 2.90. The molecule has 25 heavy (non-hydrogen) atoms. The average molecular weight is 379 g/mol. The van der Waals surface area contributed by atoms with E-state index in [4.69, 9.17) is 26.8 Å². The lowest BCUT2D eigenvalue weighted by molar-refractivity contribution is -0.166. The summed E-state index contributed by atoms with van der Waals surface area (Å²) < 4.78 is 10.5. The minimum atomic E-state index is -1.35. The number of hydrogen-bond donors (Lipinski definition) is 1. The van der Waals surface area contributed by atoms with Gasteiger partial charge in [0.1, 0.15) is 10.1 Å². The number of hydrogen-bond acceptors (Lipinski definition) is 6. The number of thiocarbonyl (C=S) groups is 1. The van der Waals surface area contributed by atoms with Crippen LogP contribution in [-0.2, 0) is 14.3 Å². The van der Waals surface area contributed by atoms with Gasteiger partial charge in [0.15, 0.2) is 0 Å². The molecule has 0 aliphatic carbocycles. The molecule has 1 N–H and O–H groups in total. The Morgan fingerprint density at radius 2 is 2.00 bits per heavy atom. The molecule has 8 heteroatoms. The summed E-state index contributed by atoms with van der Waals surface area (Å²) in [5.41, 5.74) is 1.70. The Hall–Kier alpha value is -2.16. The number of ether oxygens (including phenoxy) is 2. The Morgan fingerprint density at radius 1 is 1.36 bits per heavy atom. The van der Waals surface area contributed by atoms with E-state index in [9.17, 15) is 9.59 Å². The number of rotatable bonds is 6. The number of methoxy groups -OCH3 is 1. The Kier molecular flexibility index (Phi) is 6.35. The molecule has 0 saturated carbocycles. The van der Waals surface area contributed by atoms with Crippen molar-refractivity contribution in [2.24, 2.45) is 0 Å². The molecule has 2 rings (SSSR count). The molecule has 1 saturated heterocycles. The molecule has 1 atom stereocenters. The van der Waals surface area contributed by atoms with Gasteiger partial charge in [-0.3, -0.25) is 9.69 Å². The number of aliphatic carboxylic acids is 1. The number of benzene rings is 1. The van der Waals surface area contributed by atoms with Crippen LogP contribution in [0.3, 0.4) is 0 Å². The van der Waals surface area contributed by atoms with Crippen LogP contribution in [0.25, 0.3) is 6.08 Å². The molecule has 1 aliphatic rings.